The van der Waals surface area contributed by atoms with Gasteiger partial charge in [0.15, 0.2) is 0 Å². The lowest BCUT2D eigenvalue weighted by atomic mass is 10.2. The lowest BCUT2D eigenvalue weighted by Gasteiger charge is -2.18. The van der Waals surface area contributed by atoms with Gasteiger partial charge in [-0.15, -0.1) is 0 Å². The van der Waals surface area contributed by atoms with Gasteiger partial charge in [0.05, 0.1) is 12.1 Å². The smallest absolute Gasteiger partial charge is 0.477 e. The van der Waals surface area contributed by atoms with Crippen LogP contribution >= 0.6 is 0 Å². The van der Waals surface area contributed by atoms with E-state index in [4.69, 9.17) is 14.6 Å². The molecule has 1 aromatic carbocycles. The number of nitrogens with zero attached hydrogens (tertiary/aromatic N) is 5. The molecule has 1 unspecified atom stereocenters. The van der Waals surface area contributed by atoms with Gasteiger partial charge >= 0.3 is 12.1 Å². The zero-order valence-corrected chi connectivity index (χ0v) is 19.8. The van der Waals surface area contributed by atoms with Crippen molar-refractivity contribution < 1.29 is 32.6 Å². The van der Waals surface area contributed by atoms with Crippen LogP contribution in [0.3, 0.4) is 0 Å². The summed E-state index contributed by atoms with van der Waals surface area (Å²) in [6.07, 6.45) is -0.607. The van der Waals surface area contributed by atoms with Gasteiger partial charge in [0.1, 0.15) is 5.56 Å². The fourth-order valence-electron chi connectivity index (χ4n) is 3.52. The number of carbonyl (C=O) groups excluding carboxylic acids is 1. The minimum absolute atomic E-state index is 0.297. The molecule has 0 aliphatic carbocycles. The van der Waals surface area contributed by atoms with Crippen molar-refractivity contribution in [1.29, 1.82) is 0 Å². The maximum atomic E-state index is 12.9. The predicted molar refractivity (Wildman–Crippen MR) is 125 cm³/mol. The average Bonchev–Trinajstić information content (AvgIpc) is 3.44. The fraction of sp³-hybridized carbons (Fsp3) is 0.409. The summed E-state index contributed by atoms with van der Waals surface area (Å²) in [5, 5.41) is 18.6. The molecule has 0 radical (unpaired) electrons. The van der Waals surface area contributed by atoms with Crippen LogP contribution in [0, 0.1) is 0 Å². The standard InChI is InChI=1S/C20H25N7O2.C2HF3O2/c1-4-29-19-16(10-22-20(24-19)27-8-7-15(12-27)21-2)18(28)23-14-5-6-17-13(9-14)11-26(3)25-17;3-2(4,5)1(6)7/h5-6,9-11,15,21H,4,7-8,12H2,1-3H3,(H,23,28);(H,6,7). The molecule has 3 heterocycles. The highest BCUT2D eigenvalue weighted by Gasteiger charge is 2.38. The molecule has 1 atom stereocenters. The van der Waals surface area contributed by atoms with Crippen LogP contribution in [0.2, 0.25) is 0 Å². The number of aryl methyl sites for hydroxylation is 1. The van der Waals surface area contributed by atoms with Crippen molar-refractivity contribution in [1.82, 2.24) is 25.1 Å². The Labute approximate surface area is 204 Å². The zero-order chi connectivity index (χ0) is 26.5. The normalized spacial score (nSPS) is 15.4. The lowest BCUT2D eigenvalue weighted by molar-refractivity contribution is -0.192. The summed E-state index contributed by atoms with van der Waals surface area (Å²) in [5.74, 6) is -2.19. The molecule has 1 amide bonds. The molecular formula is C22H26F3N7O4. The zero-order valence-electron chi connectivity index (χ0n) is 19.8. The van der Waals surface area contributed by atoms with E-state index in [1.54, 1.807) is 4.68 Å². The van der Waals surface area contributed by atoms with E-state index in [1.165, 1.54) is 6.20 Å². The molecule has 2 aromatic heterocycles. The number of aromatic nitrogens is 4. The SMILES string of the molecule is CCOc1nc(N2CCC(NC)C2)ncc1C(=O)Nc1ccc2nn(C)cc2c1.O=C(O)C(F)(F)F. The Morgan fingerprint density at radius 2 is 2.03 bits per heavy atom. The van der Waals surface area contributed by atoms with Crippen molar-refractivity contribution in [3.63, 3.8) is 0 Å². The molecule has 0 saturated carbocycles. The van der Waals surface area contributed by atoms with Crippen LogP contribution < -0.4 is 20.3 Å². The van der Waals surface area contributed by atoms with Crippen LogP contribution in [0.1, 0.15) is 23.7 Å². The van der Waals surface area contributed by atoms with Gasteiger partial charge in [-0.2, -0.15) is 23.3 Å². The van der Waals surface area contributed by atoms with Gasteiger partial charge in [-0.3, -0.25) is 9.48 Å². The van der Waals surface area contributed by atoms with E-state index in [2.05, 4.69) is 30.6 Å². The number of alkyl halides is 3. The monoisotopic (exact) mass is 509 g/mol. The first-order chi connectivity index (χ1) is 17.0. The Morgan fingerprint density at radius 1 is 1.31 bits per heavy atom. The van der Waals surface area contributed by atoms with Gasteiger partial charge in [-0.1, -0.05) is 0 Å². The molecule has 1 saturated heterocycles. The van der Waals surface area contributed by atoms with Crippen LogP contribution in [-0.4, -0.2) is 75.7 Å². The number of likely N-dealkylation sites (N-methyl/N-ethyl adjacent to an activating group) is 1. The number of hydrogen-bond acceptors (Lipinski definition) is 8. The first kappa shape index (κ1) is 26.7. The Bertz CT molecular complexity index is 1230. The lowest BCUT2D eigenvalue weighted by Crippen LogP contribution is -2.30. The summed E-state index contributed by atoms with van der Waals surface area (Å²) in [7, 11) is 3.82. The third-order valence-corrected chi connectivity index (χ3v) is 5.27. The fourth-order valence-corrected chi connectivity index (χ4v) is 3.52. The second kappa shape index (κ2) is 11.2. The van der Waals surface area contributed by atoms with Crippen LogP contribution in [0.5, 0.6) is 5.88 Å². The van der Waals surface area contributed by atoms with Crippen LogP contribution in [0.4, 0.5) is 24.8 Å². The van der Waals surface area contributed by atoms with E-state index >= 15 is 0 Å². The summed E-state index contributed by atoms with van der Waals surface area (Å²) in [6, 6.07) is 6.00. The van der Waals surface area contributed by atoms with Crippen LogP contribution in [0.25, 0.3) is 10.9 Å². The van der Waals surface area contributed by atoms with E-state index in [9.17, 15) is 18.0 Å². The van der Waals surface area contributed by atoms with Gasteiger partial charge in [-0.25, -0.2) is 9.78 Å². The maximum absolute atomic E-state index is 12.9. The number of benzene rings is 1. The number of anilines is 2. The number of aliphatic carboxylic acids is 1. The topological polar surface area (TPSA) is 134 Å². The van der Waals surface area contributed by atoms with Gasteiger partial charge in [-0.05, 0) is 38.6 Å². The van der Waals surface area contributed by atoms with Crippen molar-refractivity contribution in [2.75, 3.05) is 37.0 Å². The number of nitrogens with one attached hydrogen (secondary N) is 2. The second-order valence-electron chi connectivity index (χ2n) is 7.88. The molecule has 11 nitrogen and oxygen atoms in total. The number of amides is 1. The van der Waals surface area contributed by atoms with Gasteiger partial charge < -0.3 is 25.4 Å². The largest absolute Gasteiger partial charge is 0.490 e. The summed E-state index contributed by atoms with van der Waals surface area (Å²) in [6.45, 7) is 3.98. The molecule has 3 N–H and O–H groups in total. The molecule has 1 aliphatic rings. The molecule has 0 spiro atoms. The predicted octanol–water partition coefficient (Wildman–Crippen LogP) is 2.45. The molecule has 194 valence electrons. The van der Waals surface area contributed by atoms with Crippen molar-refractivity contribution in [2.24, 2.45) is 7.05 Å². The van der Waals surface area contributed by atoms with Crippen molar-refractivity contribution >= 4 is 34.4 Å². The maximum Gasteiger partial charge on any atom is 0.490 e. The first-order valence-electron chi connectivity index (χ1n) is 11.0. The van der Waals surface area contributed by atoms with E-state index < -0.39 is 12.1 Å². The summed E-state index contributed by atoms with van der Waals surface area (Å²) < 4.78 is 39.1. The molecule has 1 fully saturated rings. The number of carboxylic acid groups (broad SMARTS) is 1. The second-order valence-corrected chi connectivity index (χ2v) is 7.88. The Morgan fingerprint density at radius 3 is 2.64 bits per heavy atom. The van der Waals surface area contributed by atoms with Gasteiger partial charge in [0, 0.05) is 49.6 Å². The highest BCUT2D eigenvalue weighted by molar-refractivity contribution is 6.06. The van der Waals surface area contributed by atoms with Crippen molar-refractivity contribution in [3.8, 4) is 5.88 Å². The Balaban J connectivity index is 0.000000454. The van der Waals surface area contributed by atoms with Crippen molar-refractivity contribution in [3.05, 3.63) is 36.2 Å². The number of hydrogen-bond donors (Lipinski definition) is 3. The molecular weight excluding hydrogens is 483 g/mol. The van der Waals surface area contributed by atoms with E-state index in [-0.39, 0.29) is 5.91 Å². The third kappa shape index (κ3) is 6.59. The van der Waals surface area contributed by atoms with E-state index in [0.717, 1.165) is 30.4 Å². The number of rotatable bonds is 6. The Kier molecular flexibility index (Phi) is 8.29. The average molecular weight is 509 g/mol. The molecule has 14 heteroatoms. The third-order valence-electron chi connectivity index (χ3n) is 5.27. The number of carboxylic acids is 1. The number of halogens is 3. The highest BCUT2D eigenvalue weighted by atomic mass is 19.4. The molecule has 36 heavy (non-hydrogen) atoms. The number of ether oxygens (including phenoxy) is 1. The molecule has 4 rings (SSSR count). The highest BCUT2D eigenvalue weighted by Crippen LogP contribution is 2.24. The molecule has 1 aliphatic heterocycles. The first-order valence-corrected chi connectivity index (χ1v) is 11.0. The van der Waals surface area contributed by atoms with Gasteiger partial charge in [0.25, 0.3) is 5.91 Å². The van der Waals surface area contributed by atoms with E-state index in [1.807, 2.05) is 45.4 Å². The van der Waals surface area contributed by atoms with Crippen molar-refractivity contribution in [2.45, 2.75) is 25.6 Å². The van der Waals surface area contributed by atoms with E-state index in [0.29, 0.717) is 35.7 Å². The number of fused-ring (bicyclic) bond motifs is 1. The van der Waals surface area contributed by atoms with Gasteiger partial charge in [0.2, 0.25) is 11.8 Å². The summed E-state index contributed by atoms with van der Waals surface area (Å²) in [4.78, 5) is 32.8. The van der Waals surface area contributed by atoms with Crippen LogP contribution in [0.15, 0.2) is 30.6 Å². The van der Waals surface area contributed by atoms with Crippen LogP contribution in [-0.2, 0) is 11.8 Å². The Hall–Kier alpha value is -3.94. The summed E-state index contributed by atoms with van der Waals surface area (Å²) >= 11 is 0. The molecule has 3 aromatic rings. The summed E-state index contributed by atoms with van der Waals surface area (Å²) in [5.41, 5.74) is 1.86. The molecule has 0 bridgehead atoms. The minimum Gasteiger partial charge on any atom is -0.477 e. The number of carbonyl (C=O) groups is 2. The quantitative estimate of drug-likeness (QED) is 0.458. The minimum atomic E-state index is -5.08.